The Bertz CT molecular complexity index is 626. The Morgan fingerprint density at radius 1 is 1.27 bits per heavy atom. The summed E-state index contributed by atoms with van der Waals surface area (Å²) < 4.78 is 5.24. The highest BCUT2D eigenvalue weighted by Gasteiger charge is 2.22. The van der Waals surface area contributed by atoms with Gasteiger partial charge in [0.05, 0.1) is 11.9 Å². The van der Waals surface area contributed by atoms with Crippen LogP contribution in [-0.2, 0) is 4.79 Å². The number of rotatable bonds is 4. The molecule has 0 atom stereocenters. The van der Waals surface area contributed by atoms with Crippen LogP contribution in [0.4, 0.5) is 5.82 Å². The molecule has 22 heavy (non-hydrogen) atoms. The van der Waals surface area contributed by atoms with Gasteiger partial charge >= 0.3 is 0 Å². The van der Waals surface area contributed by atoms with Crippen molar-refractivity contribution in [2.45, 2.75) is 12.1 Å². The second-order valence-corrected chi connectivity index (χ2v) is 5.73. The molecule has 0 aliphatic carbocycles. The van der Waals surface area contributed by atoms with Crippen LogP contribution in [-0.4, -0.2) is 62.9 Å². The minimum absolute atomic E-state index is 0.0830. The van der Waals surface area contributed by atoms with E-state index < -0.39 is 0 Å². The highest BCUT2D eigenvalue weighted by atomic mass is 32.2. The molecule has 0 bridgehead atoms. The highest BCUT2D eigenvalue weighted by molar-refractivity contribution is 7.99. The molecular weight excluding hydrogens is 304 g/mol. The summed E-state index contributed by atoms with van der Waals surface area (Å²) in [5, 5.41) is 8.04. The average molecular weight is 320 g/mol. The molecule has 1 fully saturated rings. The number of carbonyl (C=O) groups is 1. The second-order valence-electron chi connectivity index (χ2n) is 4.81. The summed E-state index contributed by atoms with van der Waals surface area (Å²) in [6.07, 6.45) is 5.07. The van der Waals surface area contributed by atoms with Gasteiger partial charge in [0.2, 0.25) is 11.8 Å². The zero-order chi connectivity index (χ0) is 15.4. The van der Waals surface area contributed by atoms with E-state index in [0.29, 0.717) is 30.0 Å². The van der Waals surface area contributed by atoms with E-state index in [4.69, 9.17) is 4.42 Å². The van der Waals surface area contributed by atoms with E-state index in [1.165, 1.54) is 11.8 Å². The van der Waals surface area contributed by atoms with Crippen molar-refractivity contribution in [1.82, 2.24) is 25.1 Å². The molecule has 1 saturated heterocycles. The van der Waals surface area contributed by atoms with Gasteiger partial charge < -0.3 is 14.2 Å². The number of aryl methyl sites for hydroxylation is 1. The molecule has 9 heteroatoms. The van der Waals surface area contributed by atoms with Crippen LogP contribution in [0, 0.1) is 6.92 Å². The normalized spacial score (nSPS) is 15.1. The van der Waals surface area contributed by atoms with Gasteiger partial charge in [-0.1, -0.05) is 11.8 Å². The van der Waals surface area contributed by atoms with Crippen molar-refractivity contribution in [2.75, 3.05) is 36.8 Å². The molecule has 0 unspecified atom stereocenters. The Morgan fingerprint density at radius 2 is 2.09 bits per heavy atom. The lowest BCUT2D eigenvalue weighted by molar-refractivity contribution is -0.128. The van der Waals surface area contributed by atoms with E-state index in [-0.39, 0.29) is 5.91 Å². The predicted molar refractivity (Wildman–Crippen MR) is 80.6 cm³/mol. The second kappa shape index (κ2) is 6.73. The molecule has 0 radical (unpaired) electrons. The van der Waals surface area contributed by atoms with Crippen molar-refractivity contribution in [3.63, 3.8) is 0 Å². The van der Waals surface area contributed by atoms with Gasteiger partial charge in [0.25, 0.3) is 5.22 Å². The molecular formula is C13H16N6O2S. The Morgan fingerprint density at radius 3 is 2.73 bits per heavy atom. The van der Waals surface area contributed by atoms with Crippen LogP contribution < -0.4 is 4.90 Å². The number of piperazine rings is 1. The van der Waals surface area contributed by atoms with Gasteiger partial charge in [-0.2, -0.15) is 0 Å². The largest absolute Gasteiger partial charge is 0.416 e. The highest BCUT2D eigenvalue weighted by Crippen LogP contribution is 2.17. The van der Waals surface area contributed by atoms with Gasteiger partial charge in [0, 0.05) is 45.5 Å². The van der Waals surface area contributed by atoms with Crippen molar-refractivity contribution in [1.29, 1.82) is 0 Å². The number of anilines is 1. The van der Waals surface area contributed by atoms with Crippen LogP contribution >= 0.6 is 11.8 Å². The van der Waals surface area contributed by atoms with Crippen LogP contribution in [0.3, 0.4) is 0 Å². The van der Waals surface area contributed by atoms with Crippen molar-refractivity contribution < 1.29 is 9.21 Å². The predicted octanol–water partition coefficient (Wildman–Crippen LogP) is 0.609. The topological polar surface area (TPSA) is 88.3 Å². The standard InChI is InChI=1S/C13H16N6O2S/c1-10-16-17-13(21-10)22-9-12(20)19-6-4-18(5-7-19)11-8-14-2-3-15-11/h2-3,8H,4-7,9H2,1H3. The van der Waals surface area contributed by atoms with Crippen LogP contribution in [0.15, 0.2) is 28.2 Å². The van der Waals surface area contributed by atoms with Crippen LogP contribution in [0.2, 0.25) is 0 Å². The fraction of sp³-hybridized carbons (Fsp3) is 0.462. The third-order valence-corrected chi connectivity index (χ3v) is 4.14. The lowest BCUT2D eigenvalue weighted by Gasteiger charge is -2.35. The molecule has 2 aromatic rings. The Balaban J connectivity index is 1.47. The zero-order valence-electron chi connectivity index (χ0n) is 12.2. The molecule has 0 N–H and O–H groups in total. The fourth-order valence-corrected chi connectivity index (χ4v) is 2.90. The number of nitrogens with zero attached hydrogens (tertiary/aromatic N) is 6. The van der Waals surface area contributed by atoms with Crippen molar-refractivity contribution in [2.24, 2.45) is 0 Å². The smallest absolute Gasteiger partial charge is 0.277 e. The van der Waals surface area contributed by atoms with E-state index in [0.717, 1.165) is 18.9 Å². The fourth-order valence-electron chi connectivity index (χ4n) is 2.19. The van der Waals surface area contributed by atoms with Crippen LogP contribution in [0.25, 0.3) is 0 Å². The molecule has 0 saturated carbocycles. The first-order chi connectivity index (χ1) is 10.7. The molecule has 116 valence electrons. The lowest BCUT2D eigenvalue weighted by atomic mass is 10.3. The summed E-state index contributed by atoms with van der Waals surface area (Å²) >= 11 is 1.27. The summed E-state index contributed by atoms with van der Waals surface area (Å²) in [6.45, 7) is 4.60. The van der Waals surface area contributed by atoms with E-state index in [9.17, 15) is 4.79 Å². The quantitative estimate of drug-likeness (QED) is 0.757. The molecule has 2 aromatic heterocycles. The van der Waals surface area contributed by atoms with E-state index in [2.05, 4.69) is 25.1 Å². The summed E-state index contributed by atoms with van der Waals surface area (Å²) in [4.78, 5) is 24.5. The van der Waals surface area contributed by atoms with Gasteiger partial charge in [-0.15, -0.1) is 10.2 Å². The summed E-state index contributed by atoms with van der Waals surface area (Å²) in [5.41, 5.74) is 0. The van der Waals surface area contributed by atoms with E-state index in [1.807, 2.05) is 4.90 Å². The van der Waals surface area contributed by atoms with Crippen molar-refractivity contribution in [3.8, 4) is 0 Å². The summed E-state index contributed by atoms with van der Waals surface area (Å²) in [5.74, 6) is 1.75. The Hall–Kier alpha value is -2.16. The first kappa shape index (κ1) is 14.8. The maximum absolute atomic E-state index is 12.2. The number of thioether (sulfide) groups is 1. The van der Waals surface area contributed by atoms with Gasteiger partial charge in [-0.05, 0) is 0 Å². The van der Waals surface area contributed by atoms with Crippen LogP contribution in [0.1, 0.15) is 5.89 Å². The Kier molecular flexibility index (Phi) is 4.52. The molecule has 0 spiro atoms. The Labute approximate surface area is 131 Å². The summed E-state index contributed by atoms with van der Waals surface area (Å²) in [6, 6.07) is 0. The number of amides is 1. The number of hydrogen-bond acceptors (Lipinski definition) is 8. The van der Waals surface area contributed by atoms with Gasteiger partial charge in [-0.25, -0.2) is 4.98 Å². The number of carbonyl (C=O) groups excluding carboxylic acids is 1. The molecule has 1 aliphatic rings. The third kappa shape index (κ3) is 3.53. The lowest BCUT2D eigenvalue weighted by Crippen LogP contribution is -2.49. The third-order valence-electron chi connectivity index (χ3n) is 3.33. The number of hydrogen-bond donors (Lipinski definition) is 0. The van der Waals surface area contributed by atoms with Gasteiger partial charge in [0.15, 0.2) is 0 Å². The SMILES string of the molecule is Cc1nnc(SCC(=O)N2CCN(c3cnccn3)CC2)o1. The molecule has 8 nitrogen and oxygen atoms in total. The van der Waals surface area contributed by atoms with Crippen molar-refractivity contribution in [3.05, 3.63) is 24.5 Å². The van der Waals surface area contributed by atoms with E-state index in [1.54, 1.807) is 25.5 Å². The average Bonchev–Trinajstić information content (AvgIpc) is 2.99. The molecule has 1 aliphatic heterocycles. The maximum atomic E-state index is 12.2. The van der Waals surface area contributed by atoms with Crippen molar-refractivity contribution >= 4 is 23.5 Å². The van der Waals surface area contributed by atoms with Crippen LogP contribution in [0.5, 0.6) is 0 Å². The monoisotopic (exact) mass is 320 g/mol. The molecule has 3 heterocycles. The first-order valence-corrected chi connectivity index (χ1v) is 7.92. The number of aromatic nitrogens is 4. The minimum atomic E-state index is 0.0830. The zero-order valence-corrected chi connectivity index (χ0v) is 13.0. The molecule has 0 aromatic carbocycles. The summed E-state index contributed by atoms with van der Waals surface area (Å²) in [7, 11) is 0. The maximum Gasteiger partial charge on any atom is 0.277 e. The van der Waals surface area contributed by atoms with Gasteiger partial charge in [0.1, 0.15) is 5.82 Å². The minimum Gasteiger partial charge on any atom is -0.416 e. The van der Waals surface area contributed by atoms with Gasteiger partial charge in [-0.3, -0.25) is 9.78 Å². The van der Waals surface area contributed by atoms with E-state index >= 15 is 0 Å². The first-order valence-electron chi connectivity index (χ1n) is 6.94. The molecule has 3 rings (SSSR count). The molecule has 1 amide bonds.